The third kappa shape index (κ3) is 11.8. The molecule has 0 radical (unpaired) electrons. The molecule has 0 spiro atoms. The number of hydrogen-bond donors (Lipinski definition) is 4. The van der Waals surface area contributed by atoms with Gasteiger partial charge in [-0.1, -0.05) is 54.6 Å². The number of hydrogen-bond acceptors (Lipinski definition) is 17. The zero-order chi connectivity index (χ0) is 48.1. The maximum Gasteiger partial charge on any atom is 2.00 e. The van der Waals surface area contributed by atoms with Crippen LogP contribution in [-0.4, -0.2) is 149 Å². The number of aliphatic imine (C=N–C) groups is 4. The van der Waals surface area contributed by atoms with Crippen LogP contribution in [0.15, 0.2) is 97.8 Å². The number of rotatable bonds is 24. The summed E-state index contributed by atoms with van der Waals surface area (Å²) in [7, 11) is 0. The van der Waals surface area contributed by atoms with Crippen molar-refractivity contribution in [3.05, 3.63) is 106 Å². The van der Waals surface area contributed by atoms with Gasteiger partial charge in [-0.15, -0.1) is 0 Å². The van der Waals surface area contributed by atoms with Crippen LogP contribution >= 0.6 is 0 Å². The normalized spacial score (nSPS) is 15.6. The van der Waals surface area contributed by atoms with Crippen LogP contribution in [0.4, 0.5) is 11.6 Å². The summed E-state index contributed by atoms with van der Waals surface area (Å²) in [6.07, 6.45) is 3.06. The number of ether oxygens (including phenoxy) is 8. The first-order valence-electron chi connectivity index (χ1n) is 23.2. The Morgan fingerprint density at radius 2 is 0.930 bits per heavy atom. The number of amidine groups is 3. The van der Waals surface area contributed by atoms with Gasteiger partial charge in [0.2, 0.25) is 0 Å². The molecule has 0 aliphatic carbocycles. The standard InChI is InChI=1S/C51H53N7O12.Zn/c59-16-20-63-24-28-67-38-12-2-7-33-42(38)37-11-5-10-36-32-6-1-13-39(68-29-25-64-21-17-60)43(32)49(52-36)55-47-34-8-3-15-41(70-31-27-66-23-19-62)45(34)51(56-47)58-48-35-9-4-14-40(69-30-26-65-22-18-61)44(35)50(57-48)54-46(33)53-37;/h1-4,6-10,12-15,59-62H,5,11,16-31H2;/q-2;+2/b36-10+,54-46-;. The summed E-state index contributed by atoms with van der Waals surface area (Å²) in [6.45, 7) is 2.20. The Balaban J connectivity index is 0.00000676. The fraction of sp³-hybridized carbons (Fsp3) is 0.353. The van der Waals surface area contributed by atoms with Crippen LogP contribution in [0, 0.1) is 0 Å². The molecule has 20 heteroatoms. The molecule has 0 fully saturated rings. The molecule has 9 rings (SSSR count). The van der Waals surface area contributed by atoms with Crippen LogP contribution < -0.4 is 39.8 Å². The van der Waals surface area contributed by atoms with Crippen LogP contribution in [0.1, 0.15) is 35.1 Å². The molecule has 6 aromatic rings. The van der Waals surface area contributed by atoms with Crippen molar-refractivity contribution >= 4 is 62.5 Å². The molecule has 3 aliphatic heterocycles. The smallest absolute Gasteiger partial charge is 0.491 e. The van der Waals surface area contributed by atoms with E-state index in [9.17, 15) is 20.4 Å². The van der Waals surface area contributed by atoms with E-state index in [1.807, 2.05) is 72.8 Å². The van der Waals surface area contributed by atoms with Crippen LogP contribution in [0.5, 0.6) is 23.0 Å². The van der Waals surface area contributed by atoms with Gasteiger partial charge in [-0.25, -0.2) is 9.98 Å². The third-order valence-electron chi connectivity index (χ3n) is 11.2. The van der Waals surface area contributed by atoms with Crippen molar-refractivity contribution in [2.24, 2.45) is 25.0 Å². The Kier molecular flexibility index (Phi) is 18.2. The quantitative estimate of drug-likeness (QED) is 0.0503. The van der Waals surface area contributed by atoms with Crippen molar-refractivity contribution in [3.63, 3.8) is 0 Å². The SMILES string of the molecule is OCCOCCOc1cccc2c1C1=N/C2=N\c2[n-]c(c3cccc(OCCOCCO)c23)/N=C2\N=C(N=c3[n-]/c(c4cccc(OCCOCCO)c34)=C/CC1)c1cccc(OCCOCCO)c12.[Zn+2]. The molecule has 0 unspecified atom stereocenters. The minimum absolute atomic E-state index is 0. The Bertz CT molecular complexity index is 3060. The van der Waals surface area contributed by atoms with Crippen LogP contribution in [0.3, 0.4) is 0 Å². The van der Waals surface area contributed by atoms with Crippen molar-refractivity contribution in [2.75, 3.05) is 106 Å². The van der Waals surface area contributed by atoms with Gasteiger partial charge in [0, 0.05) is 39.1 Å². The molecule has 0 amide bonds. The second kappa shape index (κ2) is 25.3. The fourth-order valence-electron chi connectivity index (χ4n) is 8.26. The van der Waals surface area contributed by atoms with Crippen molar-refractivity contribution in [3.8, 4) is 23.0 Å². The summed E-state index contributed by atoms with van der Waals surface area (Å²) in [5.74, 6) is 3.78. The van der Waals surface area contributed by atoms with Crippen molar-refractivity contribution in [1.29, 1.82) is 0 Å². The van der Waals surface area contributed by atoms with Crippen LogP contribution in [0.2, 0.25) is 0 Å². The van der Waals surface area contributed by atoms with E-state index in [-0.39, 0.29) is 131 Å². The van der Waals surface area contributed by atoms with Gasteiger partial charge in [0.1, 0.15) is 49.4 Å². The summed E-state index contributed by atoms with van der Waals surface area (Å²) < 4.78 is 47.3. The van der Waals surface area contributed by atoms with Gasteiger partial charge in [0.05, 0.1) is 108 Å². The predicted octanol–water partition coefficient (Wildman–Crippen LogP) is 3.07. The topological polar surface area (TPSA) is 245 Å². The largest absolute Gasteiger partial charge is 2.00 e. The first-order valence-corrected chi connectivity index (χ1v) is 23.2. The molecule has 4 N–H and O–H groups in total. The zero-order valence-corrected chi connectivity index (χ0v) is 42.1. The van der Waals surface area contributed by atoms with Gasteiger partial charge in [-0.05, 0) is 58.7 Å². The molecule has 19 nitrogen and oxygen atoms in total. The molecule has 71 heavy (non-hydrogen) atoms. The molecular formula is C51H53N7O12Zn. The van der Waals surface area contributed by atoms with Gasteiger partial charge < -0.3 is 83.3 Å². The predicted molar refractivity (Wildman–Crippen MR) is 261 cm³/mol. The molecule has 366 valence electrons. The maximum atomic E-state index is 9.28. The van der Waals surface area contributed by atoms with Gasteiger partial charge in [-0.3, -0.25) is 0 Å². The van der Waals surface area contributed by atoms with E-state index >= 15 is 0 Å². The summed E-state index contributed by atoms with van der Waals surface area (Å²) in [5.41, 5.74) is 3.88. The van der Waals surface area contributed by atoms with Crippen molar-refractivity contribution in [2.45, 2.75) is 12.8 Å². The van der Waals surface area contributed by atoms with Gasteiger partial charge >= 0.3 is 19.5 Å². The molecule has 0 saturated carbocycles. The van der Waals surface area contributed by atoms with Gasteiger partial charge in [0.25, 0.3) is 0 Å². The summed E-state index contributed by atoms with van der Waals surface area (Å²) in [4.78, 5) is 36.0. The Morgan fingerprint density at radius 3 is 1.54 bits per heavy atom. The minimum atomic E-state index is -0.110. The minimum Gasteiger partial charge on any atom is -0.491 e. The molecule has 0 atom stereocenters. The summed E-state index contributed by atoms with van der Waals surface area (Å²) in [6, 6.07) is 22.7. The van der Waals surface area contributed by atoms with E-state index in [2.05, 4.69) is 6.08 Å². The number of fused-ring (bicyclic) bond motifs is 18. The first kappa shape index (κ1) is 51.2. The molecule has 0 saturated heterocycles. The maximum absolute atomic E-state index is 9.28. The van der Waals surface area contributed by atoms with Crippen molar-refractivity contribution < 1.29 is 77.8 Å². The Hall–Kier alpha value is -6.19. The molecule has 8 bridgehead atoms. The fourth-order valence-corrected chi connectivity index (χ4v) is 8.26. The average Bonchev–Trinajstić information content (AvgIpc) is 4.13. The van der Waals surface area contributed by atoms with E-state index < -0.39 is 0 Å². The first-order chi connectivity index (χ1) is 34.6. The van der Waals surface area contributed by atoms with E-state index in [1.54, 1.807) is 0 Å². The van der Waals surface area contributed by atoms with Crippen molar-refractivity contribution in [1.82, 2.24) is 9.97 Å². The third-order valence-corrected chi connectivity index (χ3v) is 11.2. The zero-order valence-electron chi connectivity index (χ0n) is 39.1. The number of aliphatic hydroxyl groups excluding tert-OH is 4. The second-order valence-electron chi connectivity index (χ2n) is 15.8. The van der Waals surface area contributed by atoms with E-state index in [1.165, 1.54) is 0 Å². The number of benzene rings is 4. The molecular weight excluding hydrogens is 968 g/mol. The molecule has 2 aromatic heterocycles. The second-order valence-corrected chi connectivity index (χ2v) is 15.8. The number of nitrogens with zero attached hydrogens (tertiary/aromatic N) is 7. The van der Waals surface area contributed by atoms with Gasteiger partial charge in [0.15, 0.2) is 0 Å². The molecule has 4 aromatic carbocycles. The monoisotopic (exact) mass is 1020 g/mol. The Labute approximate surface area is 421 Å². The van der Waals surface area contributed by atoms with E-state index in [4.69, 9.17) is 72.8 Å². The Morgan fingerprint density at radius 1 is 0.437 bits per heavy atom. The van der Waals surface area contributed by atoms with Crippen LogP contribution in [-0.2, 0) is 38.4 Å². The average molecular weight is 1020 g/mol. The van der Waals surface area contributed by atoms with E-state index in [0.29, 0.717) is 97.3 Å². The number of aromatic nitrogens is 2. The molecule has 5 heterocycles. The van der Waals surface area contributed by atoms with E-state index in [0.717, 1.165) is 22.2 Å². The van der Waals surface area contributed by atoms with Gasteiger partial charge in [-0.2, -0.15) is 0 Å². The molecule has 3 aliphatic rings. The summed E-state index contributed by atoms with van der Waals surface area (Å²) in [5, 5.41) is 40.5. The summed E-state index contributed by atoms with van der Waals surface area (Å²) >= 11 is 0. The van der Waals surface area contributed by atoms with Crippen LogP contribution in [0.25, 0.3) is 27.6 Å². The number of aliphatic hydroxyl groups is 4.